The SMILES string of the molecule is CCCNc1cnccc1C(=O)N1CCSC(C)C1. The maximum absolute atomic E-state index is 12.6. The monoisotopic (exact) mass is 279 g/mol. The van der Waals surface area contributed by atoms with E-state index in [0.29, 0.717) is 5.25 Å². The topological polar surface area (TPSA) is 45.2 Å². The van der Waals surface area contributed by atoms with Crippen molar-refractivity contribution in [3.8, 4) is 0 Å². The molecule has 1 aliphatic heterocycles. The van der Waals surface area contributed by atoms with Crippen molar-refractivity contribution in [2.24, 2.45) is 0 Å². The van der Waals surface area contributed by atoms with Crippen LogP contribution in [0.2, 0.25) is 0 Å². The number of carbonyl (C=O) groups excluding carboxylic acids is 1. The summed E-state index contributed by atoms with van der Waals surface area (Å²) >= 11 is 1.93. The zero-order valence-electron chi connectivity index (χ0n) is 11.6. The van der Waals surface area contributed by atoms with Gasteiger partial charge in [-0.3, -0.25) is 9.78 Å². The van der Waals surface area contributed by atoms with Crippen LogP contribution in [0.5, 0.6) is 0 Å². The molecule has 1 amide bonds. The minimum atomic E-state index is 0.119. The maximum Gasteiger partial charge on any atom is 0.256 e. The molecule has 104 valence electrons. The van der Waals surface area contributed by atoms with Gasteiger partial charge >= 0.3 is 0 Å². The highest BCUT2D eigenvalue weighted by Crippen LogP contribution is 2.22. The van der Waals surface area contributed by atoms with Gasteiger partial charge in [-0.2, -0.15) is 11.8 Å². The molecule has 0 aromatic carbocycles. The second-order valence-electron chi connectivity index (χ2n) is 4.78. The summed E-state index contributed by atoms with van der Waals surface area (Å²) in [7, 11) is 0. The van der Waals surface area contributed by atoms with E-state index in [0.717, 1.165) is 43.1 Å². The van der Waals surface area contributed by atoms with E-state index in [2.05, 4.69) is 24.1 Å². The highest BCUT2D eigenvalue weighted by molar-refractivity contribution is 7.99. The lowest BCUT2D eigenvalue weighted by Gasteiger charge is -2.31. The van der Waals surface area contributed by atoms with Crippen LogP contribution in [0.25, 0.3) is 0 Å². The van der Waals surface area contributed by atoms with E-state index >= 15 is 0 Å². The number of hydrogen-bond acceptors (Lipinski definition) is 4. The van der Waals surface area contributed by atoms with Crippen molar-refractivity contribution >= 4 is 23.4 Å². The van der Waals surface area contributed by atoms with Gasteiger partial charge in [0.25, 0.3) is 5.91 Å². The standard InChI is InChI=1S/C14H21N3OS/c1-3-5-16-13-9-15-6-4-12(13)14(18)17-7-8-19-11(2)10-17/h4,6,9,11,16H,3,5,7-8,10H2,1-2H3. The number of anilines is 1. The molecule has 19 heavy (non-hydrogen) atoms. The summed E-state index contributed by atoms with van der Waals surface area (Å²) in [6, 6.07) is 1.81. The van der Waals surface area contributed by atoms with E-state index in [-0.39, 0.29) is 5.91 Å². The average molecular weight is 279 g/mol. The third-order valence-electron chi connectivity index (χ3n) is 3.15. The first-order chi connectivity index (χ1) is 9.22. The quantitative estimate of drug-likeness (QED) is 0.919. The van der Waals surface area contributed by atoms with Gasteiger partial charge in [0.15, 0.2) is 0 Å². The number of thioether (sulfide) groups is 1. The first kappa shape index (κ1) is 14.2. The second-order valence-corrected chi connectivity index (χ2v) is 6.33. The molecule has 2 heterocycles. The van der Waals surface area contributed by atoms with Crippen molar-refractivity contribution in [3.05, 3.63) is 24.0 Å². The summed E-state index contributed by atoms with van der Waals surface area (Å²) in [6.07, 6.45) is 4.46. The third-order valence-corrected chi connectivity index (χ3v) is 4.28. The van der Waals surface area contributed by atoms with Crippen molar-refractivity contribution in [1.29, 1.82) is 0 Å². The maximum atomic E-state index is 12.6. The van der Waals surface area contributed by atoms with E-state index < -0.39 is 0 Å². The Labute approximate surface area is 119 Å². The Morgan fingerprint density at radius 3 is 3.21 bits per heavy atom. The Kier molecular flexibility index (Phi) is 5.07. The lowest BCUT2D eigenvalue weighted by molar-refractivity contribution is 0.0764. The summed E-state index contributed by atoms with van der Waals surface area (Å²) in [4.78, 5) is 18.6. The van der Waals surface area contributed by atoms with Crippen LogP contribution >= 0.6 is 11.8 Å². The predicted octanol–water partition coefficient (Wildman–Crippen LogP) is 2.48. The molecule has 4 nitrogen and oxygen atoms in total. The summed E-state index contributed by atoms with van der Waals surface area (Å²) in [6.45, 7) is 6.81. The zero-order valence-corrected chi connectivity index (χ0v) is 12.4. The second kappa shape index (κ2) is 6.80. The Hall–Kier alpha value is -1.23. The lowest BCUT2D eigenvalue weighted by atomic mass is 10.2. The van der Waals surface area contributed by atoms with Gasteiger partial charge in [0.1, 0.15) is 0 Å². The van der Waals surface area contributed by atoms with Gasteiger partial charge in [0, 0.05) is 36.8 Å². The molecule has 1 unspecified atom stereocenters. The van der Waals surface area contributed by atoms with E-state index in [1.807, 2.05) is 22.7 Å². The predicted molar refractivity (Wildman–Crippen MR) is 80.8 cm³/mol. The largest absolute Gasteiger partial charge is 0.383 e. The Morgan fingerprint density at radius 2 is 2.47 bits per heavy atom. The fraction of sp³-hybridized carbons (Fsp3) is 0.571. The molecule has 1 N–H and O–H groups in total. The van der Waals surface area contributed by atoms with Gasteiger partial charge in [0.2, 0.25) is 0 Å². The number of amides is 1. The summed E-state index contributed by atoms with van der Waals surface area (Å²) in [5.74, 6) is 1.14. The van der Waals surface area contributed by atoms with Gasteiger partial charge in [-0.25, -0.2) is 0 Å². The number of hydrogen-bond donors (Lipinski definition) is 1. The Balaban J connectivity index is 2.13. The number of rotatable bonds is 4. The lowest BCUT2D eigenvalue weighted by Crippen LogP contribution is -2.41. The van der Waals surface area contributed by atoms with Crippen LogP contribution in [-0.4, -0.2) is 46.4 Å². The molecule has 1 atom stereocenters. The molecule has 2 rings (SSSR count). The molecule has 1 fully saturated rings. The van der Waals surface area contributed by atoms with Crippen LogP contribution in [0, 0.1) is 0 Å². The van der Waals surface area contributed by atoms with Crippen molar-refractivity contribution in [1.82, 2.24) is 9.88 Å². The number of carbonyl (C=O) groups is 1. The molecule has 1 aliphatic rings. The first-order valence-electron chi connectivity index (χ1n) is 6.81. The molecular weight excluding hydrogens is 258 g/mol. The number of nitrogens with one attached hydrogen (secondary N) is 1. The van der Waals surface area contributed by atoms with E-state index in [9.17, 15) is 4.79 Å². The molecule has 1 aromatic rings. The molecule has 0 spiro atoms. The number of pyridine rings is 1. The molecular formula is C14H21N3OS. The minimum absolute atomic E-state index is 0.119. The average Bonchev–Trinajstić information content (AvgIpc) is 2.44. The van der Waals surface area contributed by atoms with Crippen LogP contribution in [0.4, 0.5) is 5.69 Å². The van der Waals surface area contributed by atoms with Crippen molar-refractivity contribution in [2.75, 3.05) is 30.7 Å². The van der Waals surface area contributed by atoms with Gasteiger partial charge in [0.05, 0.1) is 17.4 Å². The summed E-state index contributed by atoms with van der Waals surface area (Å²) in [5, 5.41) is 3.80. The summed E-state index contributed by atoms with van der Waals surface area (Å²) < 4.78 is 0. The smallest absolute Gasteiger partial charge is 0.256 e. The van der Waals surface area contributed by atoms with Crippen LogP contribution in [0.1, 0.15) is 30.6 Å². The van der Waals surface area contributed by atoms with Gasteiger partial charge in [-0.15, -0.1) is 0 Å². The third kappa shape index (κ3) is 3.62. The fourth-order valence-electron chi connectivity index (χ4n) is 2.15. The van der Waals surface area contributed by atoms with Crippen LogP contribution in [0.15, 0.2) is 18.5 Å². The van der Waals surface area contributed by atoms with Gasteiger partial charge in [-0.1, -0.05) is 13.8 Å². The van der Waals surface area contributed by atoms with Crippen LogP contribution in [-0.2, 0) is 0 Å². The highest BCUT2D eigenvalue weighted by atomic mass is 32.2. The number of nitrogens with zero attached hydrogens (tertiary/aromatic N) is 2. The van der Waals surface area contributed by atoms with Crippen molar-refractivity contribution < 1.29 is 4.79 Å². The fourth-order valence-corrected chi connectivity index (χ4v) is 3.17. The molecule has 1 aromatic heterocycles. The first-order valence-corrected chi connectivity index (χ1v) is 7.86. The van der Waals surface area contributed by atoms with Crippen molar-refractivity contribution in [3.63, 3.8) is 0 Å². The molecule has 0 bridgehead atoms. The zero-order chi connectivity index (χ0) is 13.7. The van der Waals surface area contributed by atoms with Gasteiger partial charge in [-0.05, 0) is 12.5 Å². The van der Waals surface area contributed by atoms with Crippen LogP contribution in [0.3, 0.4) is 0 Å². The molecule has 0 radical (unpaired) electrons. The van der Waals surface area contributed by atoms with Crippen molar-refractivity contribution in [2.45, 2.75) is 25.5 Å². The Morgan fingerprint density at radius 1 is 1.63 bits per heavy atom. The van der Waals surface area contributed by atoms with Gasteiger partial charge < -0.3 is 10.2 Å². The number of aromatic nitrogens is 1. The van der Waals surface area contributed by atoms with E-state index in [1.165, 1.54) is 0 Å². The molecule has 1 saturated heterocycles. The molecule has 5 heteroatoms. The molecule has 0 aliphatic carbocycles. The Bertz CT molecular complexity index is 438. The highest BCUT2D eigenvalue weighted by Gasteiger charge is 2.23. The molecule has 0 saturated carbocycles. The van der Waals surface area contributed by atoms with E-state index in [1.54, 1.807) is 12.4 Å². The van der Waals surface area contributed by atoms with Crippen LogP contribution < -0.4 is 5.32 Å². The normalized spacial score (nSPS) is 19.3. The summed E-state index contributed by atoms with van der Waals surface area (Å²) in [5.41, 5.74) is 1.59. The minimum Gasteiger partial charge on any atom is -0.383 e. The van der Waals surface area contributed by atoms with E-state index in [4.69, 9.17) is 0 Å².